The van der Waals surface area contributed by atoms with Crippen LogP contribution < -0.4 is 5.73 Å². The monoisotopic (exact) mass is 320 g/mol. The molecule has 0 amide bonds. The van der Waals surface area contributed by atoms with Gasteiger partial charge in [0.05, 0.1) is 4.90 Å². The maximum atomic E-state index is 12.5. The molecule has 7 heteroatoms. The van der Waals surface area contributed by atoms with Gasteiger partial charge in [-0.3, -0.25) is 0 Å². The third kappa shape index (κ3) is 3.44. The molecule has 1 aliphatic heterocycles. The first-order valence-electron chi connectivity index (χ1n) is 6.12. The van der Waals surface area contributed by atoms with Crippen LogP contribution in [0.25, 0.3) is 0 Å². The molecule has 2 rings (SSSR count). The lowest BCUT2D eigenvalue weighted by Crippen LogP contribution is -2.33. The van der Waals surface area contributed by atoms with Gasteiger partial charge in [-0.25, -0.2) is 8.42 Å². The number of hydrogen-bond donors (Lipinski definition) is 1. The van der Waals surface area contributed by atoms with Crippen molar-refractivity contribution in [3.63, 3.8) is 0 Å². The number of halogens is 1. The molecule has 106 valence electrons. The molecule has 0 spiro atoms. The van der Waals surface area contributed by atoms with E-state index in [4.69, 9.17) is 17.3 Å². The van der Waals surface area contributed by atoms with Gasteiger partial charge in [0.1, 0.15) is 0 Å². The Hall–Kier alpha value is -0.270. The molecule has 0 saturated carbocycles. The lowest BCUT2D eigenvalue weighted by atomic mass is 10.2. The van der Waals surface area contributed by atoms with Crippen molar-refractivity contribution in [2.45, 2.75) is 17.9 Å². The number of nitrogens with zero attached hydrogens (tertiary/aromatic N) is 1. The highest BCUT2D eigenvalue weighted by atomic mass is 35.5. The van der Waals surface area contributed by atoms with Crippen LogP contribution >= 0.6 is 23.4 Å². The lowest BCUT2D eigenvalue weighted by Gasteiger charge is -2.20. The smallest absolute Gasteiger partial charge is 0.243 e. The summed E-state index contributed by atoms with van der Waals surface area (Å²) in [5.74, 6) is 1.85. The zero-order valence-corrected chi connectivity index (χ0v) is 12.9. The van der Waals surface area contributed by atoms with Crippen molar-refractivity contribution in [3.05, 3.63) is 28.8 Å². The SMILES string of the molecule is NCc1ccc(S(=O)(=O)N2CCCSCC2)cc1Cl. The zero-order chi connectivity index (χ0) is 13.9. The van der Waals surface area contributed by atoms with Crippen LogP contribution in [-0.4, -0.2) is 37.3 Å². The molecule has 0 unspecified atom stereocenters. The van der Waals surface area contributed by atoms with Crippen LogP contribution in [0, 0.1) is 0 Å². The molecule has 1 aliphatic rings. The van der Waals surface area contributed by atoms with Crippen LogP contribution in [0.15, 0.2) is 23.1 Å². The van der Waals surface area contributed by atoms with E-state index in [2.05, 4.69) is 0 Å². The summed E-state index contributed by atoms with van der Waals surface area (Å²) in [7, 11) is -3.44. The predicted molar refractivity (Wildman–Crippen MR) is 80.0 cm³/mol. The topological polar surface area (TPSA) is 63.4 Å². The molecular weight excluding hydrogens is 304 g/mol. The maximum Gasteiger partial charge on any atom is 0.243 e. The number of benzene rings is 1. The first-order valence-corrected chi connectivity index (χ1v) is 9.09. The normalized spacial score (nSPS) is 18.2. The third-order valence-electron chi connectivity index (χ3n) is 3.06. The summed E-state index contributed by atoms with van der Waals surface area (Å²) in [5, 5.41) is 0.410. The molecule has 4 nitrogen and oxygen atoms in total. The van der Waals surface area contributed by atoms with Crippen molar-refractivity contribution in [1.29, 1.82) is 0 Å². The van der Waals surface area contributed by atoms with Crippen LogP contribution in [0.3, 0.4) is 0 Å². The zero-order valence-electron chi connectivity index (χ0n) is 10.5. The molecule has 19 heavy (non-hydrogen) atoms. The minimum atomic E-state index is -3.44. The van der Waals surface area contributed by atoms with Gasteiger partial charge in [0.25, 0.3) is 0 Å². The van der Waals surface area contributed by atoms with Gasteiger partial charge in [0.15, 0.2) is 0 Å². The number of hydrogen-bond acceptors (Lipinski definition) is 4. The van der Waals surface area contributed by atoms with Crippen molar-refractivity contribution in [1.82, 2.24) is 4.31 Å². The van der Waals surface area contributed by atoms with E-state index < -0.39 is 10.0 Å². The predicted octanol–water partition coefficient (Wildman–Crippen LogP) is 1.93. The fourth-order valence-electron chi connectivity index (χ4n) is 1.97. The Morgan fingerprint density at radius 1 is 1.32 bits per heavy atom. The van der Waals surface area contributed by atoms with E-state index in [-0.39, 0.29) is 4.90 Å². The highest BCUT2D eigenvalue weighted by Crippen LogP contribution is 2.24. The molecule has 1 saturated heterocycles. The van der Waals surface area contributed by atoms with E-state index in [0.29, 0.717) is 24.7 Å². The summed E-state index contributed by atoms with van der Waals surface area (Å²) < 4.78 is 26.6. The first kappa shape index (κ1) is 15.1. The van der Waals surface area contributed by atoms with E-state index in [1.807, 2.05) is 0 Å². The summed E-state index contributed by atoms with van der Waals surface area (Å²) >= 11 is 7.83. The minimum Gasteiger partial charge on any atom is -0.326 e. The maximum absolute atomic E-state index is 12.5. The van der Waals surface area contributed by atoms with Gasteiger partial charge in [-0.05, 0) is 29.9 Å². The third-order valence-corrected chi connectivity index (χ3v) is 6.36. The molecule has 0 aromatic heterocycles. The van der Waals surface area contributed by atoms with Crippen molar-refractivity contribution in [3.8, 4) is 0 Å². The van der Waals surface area contributed by atoms with Gasteiger partial charge < -0.3 is 5.73 Å². The van der Waals surface area contributed by atoms with E-state index in [1.54, 1.807) is 28.2 Å². The highest BCUT2D eigenvalue weighted by Gasteiger charge is 2.25. The average molecular weight is 321 g/mol. The minimum absolute atomic E-state index is 0.251. The molecule has 1 heterocycles. The quantitative estimate of drug-likeness (QED) is 0.924. The van der Waals surface area contributed by atoms with E-state index >= 15 is 0 Å². The van der Waals surface area contributed by atoms with E-state index in [1.165, 1.54) is 6.07 Å². The van der Waals surface area contributed by atoms with Crippen molar-refractivity contribution in [2.24, 2.45) is 5.73 Å². The van der Waals surface area contributed by atoms with Crippen LogP contribution in [0.1, 0.15) is 12.0 Å². The second kappa shape index (κ2) is 6.45. The van der Waals surface area contributed by atoms with Gasteiger partial charge >= 0.3 is 0 Å². The molecule has 2 N–H and O–H groups in total. The van der Waals surface area contributed by atoms with Crippen LogP contribution in [-0.2, 0) is 16.6 Å². The summed E-state index contributed by atoms with van der Waals surface area (Å²) in [6, 6.07) is 4.76. The van der Waals surface area contributed by atoms with Gasteiger partial charge in [-0.2, -0.15) is 16.1 Å². The Morgan fingerprint density at radius 3 is 2.79 bits per heavy atom. The summed E-state index contributed by atoms with van der Waals surface area (Å²) in [4.78, 5) is 0.251. The highest BCUT2D eigenvalue weighted by molar-refractivity contribution is 7.99. The van der Waals surface area contributed by atoms with Crippen LogP contribution in [0.2, 0.25) is 5.02 Å². The molecular formula is C12H17ClN2O2S2. The molecule has 0 aliphatic carbocycles. The summed E-state index contributed by atoms with van der Waals surface area (Å²) in [5.41, 5.74) is 6.28. The molecule has 0 bridgehead atoms. The van der Waals surface area contributed by atoms with Crippen molar-refractivity contribution < 1.29 is 8.42 Å². The largest absolute Gasteiger partial charge is 0.326 e. The van der Waals surface area contributed by atoms with E-state index in [0.717, 1.165) is 23.5 Å². The van der Waals surface area contributed by atoms with Crippen LogP contribution in [0.5, 0.6) is 0 Å². The van der Waals surface area contributed by atoms with Crippen LogP contribution in [0.4, 0.5) is 0 Å². The lowest BCUT2D eigenvalue weighted by molar-refractivity contribution is 0.435. The number of nitrogens with two attached hydrogens (primary N) is 1. The van der Waals surface area contributed by atoms with Crippen molar-refractivity contribution >= 4 is 33.4 Å². The molecule has 1 fully saturated rings. The second-order valence-corrected chi connectivity index (χ2v) is 7.90. The Balaban J connectivity index is 2.30. The Labute approximate surface area is 123 Å². The fourth-order valence-corrected chi connectivity index (χ4v) is 4.80. The number of sulfonamides is 1. The summed E-state index contributed by atoms with van der Waals surface area (Å²) in [6.07, 6.45) is 0.887. The Kier molecular flexibility index (Phi) is 5.14. The average Bonchev–Trinajstić information content (AvgIpc) is 2.67. The first-order chi connectivity index (χ1) is 9.05. The molecule has 0 atom stereocenters. The van der Waals surface area contributed by atoms with Gasteiger partial charge in [0, 0.05) is 30.4 Å². The number of rotatable bonds is 3. The molecule has 1 aromatic rings. The standard InChI is InChI=1S/C12H17ClN2O2S2/c13-12-8-11(3-2-10(12)9-14)19(16,17)15-4-1-6-18-7-5-15/h2-3,8H,1,4-7,9,14H2. The summed E-state index contributed by atoms with van der Waals surface area (Å²) in [6.45, 7) is 1.44. The number of thioether (sulfide) groups is 1. The Bertz CT molecular complexity index is 541. The van der Waals surface area contributed by atoms with Gasteiger partial charge in [0.2, 0.25) is 10.0 Å². The molecule has 1 aromatic carbocycles. The van der Waals surface area contributed by atoms with E-state index in [9.17, 15) is 8.42 Å². The van der Waals surface area contributed by atoms with Gasteiger partial charge in [-0.1, -0.05) is 17.7 Å². The fraction of sp³-hybridized carbons (Fsp3) is 0.500. The Morgan fingerprint density at radius 2 is 2.11 bits per heavy atom. The van der Waals surface area contributed by atoms with Crippen molar-refractivity contribution in [2.75, 3.05) is 24.6 Å². The molecule has 0 radical (unpaired) electrons. The van der Waals surface area contributed by atoms with Gasteiger partial charge in [-0.15, -0.1) is 0 Å². The second-order valence-electron chi connectivity index (χ2n) is 4.33.